The van der Waals surface area contributed by atoms with Crippen molar-refractivity contribution in [2.45, 2.75) is 58.0 Å². The molecule has 0 unspecified atom stereocenters. The quantitative estimate of drug-likeness (QED) is 0.500. The van der Waals surface area contributed by atoms with E-state index < -0.39 is 11.7 Å². The number of alkyl halides is 3. The summed E-state index contributed by atoms with van der Waals surface area (Å²) in [6.07, 6.45) is 2.11. The van der Waals surface area contributed by atoms with E-state index in [0.717, 1.165) is 49.1 Å². The molecule has 4 rings (SSSR count). The van der Waals surface area contributed by atoms with E-state index in [4.69, 9.17) is 4.74 Å². The first-order valence-electron chi connectivity index (χ1n) is 12.1. The van der Waals surface area contributed by atoms with Crippen molar-refractivity contribution in [3.05, 3.63) is 59.2 Å². The number of nitrogens with zero attached hydrogens (tertiary/aromatic N) is 1. The van der Waals surface area contributed by atoms with Crippen molar-refractivity contribution in [2.75, 3.05) is 23.4 Å². The Morgan fingerprint density at radius 1 is 1.11 bits per heavy atom. The zero-order chi connectivity index (χ0) is 25.0. The fraction of sp³-hybridized carbons (Fsp3) is 0.407. The van der Waals surface area contributed by atoms with Crippen molar-refractivity contribution in [1.29, 1.82) is 0 Å². The number of amides is 2. The number of carbonyl (C=O) groups is 2. The van der Waals surface area contributed by atoms with Gasteiger partial charge in [-0.25, -0.2) is 0 Å². The Morgan fingerprint density at radius 3 is 2.71 bits per heavy atom. The predicted molar refractivity (Wildman–Crippen MR) is 129 cm³/mol. The van der Waals surface area contributed by atoms with Crippen LogP contribution in [0.1, 0.15) is 62.1 Å². The molecule has 5 nitrogen and oxygen atoms in total. The molecule has 0 saturated heterocycles. The highest BCUT2D eigenvalue weighted by Gasteiger charge is 2.32. The van der Waals surface area contributed by atoms with E-state index in [2.05, 4.69) is 5.32 Å². The number of allylic oxidation sites excluding steroid dienone is 1. The standard InChI is InChI=1S/C27H29F3N2O3/c1-2-3-8-26(34)32-13-4-6-18-9-11-21(17-23(18)32)31-25(33)15-19-7-5-14-35-24-16-20(27(28,29)30)10-12-22(19)24/h9-12,15-17H,2-8,13-14H2,1H3,(H,31,33)/b19-15+. The predicted octanol–water partition coefficient (Wildman–Crippen LogP) is 6.37. The van der Waals surface area contributed by atoms with Crippen LogP contribution in [0.4, 0.5) is 24.5 Å². The van der Waals surface area contributed by atoms with Gasteiger partial charge in [0.2, 0.25) is 11.8 Å². The molecule has 2 aromatic rings. The molecule has 0 atom stereocenters. The Morgan fingerprint density at radius 2 is 1.94 bits per heavy atom. The summed E-state index contributed by atoms with van der Waals surface area (Å²) in [4.78, 5) is 27.4. The lowest BCUT2D eigenvalue weighted by molar-refractivity contribution is -0.137. The van der Waals surface area contributed by atoms with Crippen LogP contribution < -0.4 is 15.0 Å². The van der Waals surface area contributed by atoms with Gasteiger partial charge in [-0.1, -0.05) is 25.5 Å². The fourth-order valence-electron chi connectivity index (χ4n) is 4.52. The Kier molecular flexibility index (Phi) is 7.48. The largest absolute Gasteiger partial charge is 0.493 e. The minimum Gasteiger partial charge on any atom is -0.493 e. The minimum absolute atomic E-state index is 0.0895. The number of ether oxygens (including phenoxy) is 1. The van der Waals surface area contributed by atoms with Crippen LogP contribution in [0.5, 0.6) is 5.75 Å². The first kappa shape index (κ1) is 24.8. The Bertz CT molecular complexity index is 1140. The van der Waals surface area contributed by atoms with Crippen molar-refractivity contribution in [3.63, 3.8) is 0 Å². The molecule has 2 aromatic carbocycles. The summed E-state index contributed by atoms with van der Waals surface area (Å²) in [5.74, 6) is -0.162. The van der Waals surface area contributed by atoms with Crippen LogP contribution in [0.3, 0.4) is 0 Å². The molecule has 0 saturated carbocycles. The molecule has 35 heavy (non-hydrogen) atoms. The average molecular weight is 487 g/mol. The minimum atomic E-state index is -4.47. The lowest BCUT2D eigenvalue weighted by atomic mass is 9.98. The van der Waals surface area contributed by atoms with Gasteiger partial charge in [0, 0.05) is 36.0 Å². The Hall–Kier alpha value is -3.29. The first-order chi connectivity index (χ1) is 16.8. The molecular weight excluding hydrogens is 457 g/mol. The second-order valence-electron chi connectivity index (χ2n) is 8.92. The van der Waals surface area contributed by atoms with E-state index in [9.17, 15) is 22.8 Å². The van der Waals surface area contributed by atoms with Crippen molar-refractivity contribution in [1.82, 2.24) is 0 Å². The second kappa shape index (κ2) is 10.5. The third-order valence-electron chi connectivity index (χ3n) is 6.32. The van der Waals surface area contributed by atoms with E-state index in [1.54, 1.807) is 4.90 Å². The van der Waals surface area contributed by atoms with Crippen molar-refractivity contribution in [3.8, 4) is 5.75 Å². The first-order valence-corrected chi connectivity index (χ1v) is 12.1. The zero-order valence-electron chi connectivity index (χ0n) is 19.7. The number of fused-ring (bicyclic) bond motifs is 2. The fourth-order valence-corrected chi connectivity index (χ4v) is 4.52. The van der Waals surface area contributed by atoms with E-state index in [-0.39, 0.29) is 24.2 Å². The molecule has 0 aliphatic carbocycles. The molecule has 0 spiro atoms. The SMILES string of the molecule is CCCCC(=O)N1CCCc2ccc(NC(=O)/C=C3\CCCOc4cc(C(F)(F)F)ccc43)cc21. The number of anilines is 2. The van der Waals surface area contributed by atoms with E-state index in [1.165, 1.54) is 12.1 Å². The van der Waals surface area contributed by atoms with Crippen LogP contribution in [0, 0.1) is 0 Å². The molecule has 2 heterocycles. The molecule has 0 bridgehead atoms. The molecule has 2 aliphatic rings. The van der Waals surface area contributed by atoms with Crippen LogP contribution in [0.15, 0.2) is 42.5 Å². The van der Waals surface area contributed by atoms with Crippen LogP contribution in [0.2, 0.25) is 0 Å². The third kappa shape index (κ3) is 5.86. The van der Waals surface area contributed by atoms with Gasteiger partial charge in [0.25, 0.3) is 0 Å². The van der Waals surface area contributed by atoms with Crippen LogP contribution in [-0.4, -0.2) is 25.0 Å². The summed E-state index contributed by atoms with van der Waals surface area (Å²) in [6, 6.07) is 8.93. The number of carbonyl (C=O) groups excluding carboxylic acids is 2. The lowest BCUT2D eigenvalue weighted by Gasteiger charge is -2.30. The summed E-state index contributed by atoms with van der Waals surface area (Å²) < 4.78 is 44.9. The molecule has 8 heteroatoms. The zero-order valence-corrected chi connectivity index (χ0v) is 19.7. The molecular formula is C27H29F3N2O3. The van der Waals surface area contributed by atoms with Gasteiger partial charge < -0.3 is 15.0 Å². The number of unbranched alkanes of at least 4 members (excludes halogenated alkanes) is 1. The van der Waals surface area contributed by atoms with Gasteiger partial charge in [-0.3, -0.25) is 9.59 Å². The number of aryl methyl sites for hydroxylation is 1. The van der Waals surface area contributed by atoms with Gasteiger partial charge >= 0.3 is 6.18 Å². The van der Waals surface area contributed by atoms with Gasteiger partial charge in [-0.05, 0) is 67.5 Å². The topological polar surface area (TPSA) is 58.6 Å². The Balaban J connectivity index is 1.55. The summed E-state index contributed by atoms with van der Waals surface area (Å²) in [5.41, 5.74) is 2.80. The van der Waals surface area contributed by atoms with Crippen molar-refractivity contribution >= 4 is 28.8 Å². The summed E-state index contributed by atoms with van der Waals surface area (Å²) in [6.45, 7) is 2.99. The van der Waals surface area contributed by atoms with Crippen molar-refractivity contribution < 1.29 is 27.5 Å². The second-order valence-corrected chi connectivity index (χ2v) is 8.92. The molecule has 0 fully saturated rings. The molecule has 2 amide bonds. The smallest absolute Gasteiger partial charge is 0.416 e. The number of rotatable bonds is 5. The van der Waals surface area contributed by atoms with Crippen LogP contribution >= 0.6 is 0 Å². The molecule has 186 valence electrons. The number of benzene rings is 2. The summed E-state index contributed by atoms with van der Waals surface area (Å²) >= 11 is 0. The maximum atomic E-state index is 13.1. The molecule has 0 radical (unpaired) electrons. The Labute approximate surface area is 203 Å². The molecule has 1 N–H and O–H groups in total. The average Bonchev–Trinajstić information content (AvgIpc) is 3.03. The maximum absolute atomic E-state index is 13.1. The number of halogens is 3. The van der Waals surface area contributed by atoms with Gasteiger partial charge in [-0.2, -0.15) is 13.2 Å². The highest BCUT2D eigenvalue weighted by Crippen LogP contribution is 2.38. The van der Waals surface area contributed by atoms with Gasteiger partial charge in [0.15, 0.2) is 0 Å². The highest BCUT2D eigenvalue weighted by molar-refractivity contribution is 6.05. The summed E-state index contributed by atoms with van der Waals surface area (Å²) in [5, 5.41) is 2.85. The van der Waals surface area contributed by atoms with Crippen LogP contribution in [0.25, 0.3) is 5.57 Å². The van der Waals surface area contributed by atoms with Gasteiger partial charge in [0.1, 0.15) is 5.75 Å². The highest BCUT2D eigenvalue weighted by atomic mass is 19.4. The molecule has 2 aliphatic heterocycles. The number of hydrogen-bond acceptors (Lipinski definition) is 3. The van der Waals surface area contributed by atoms with E-state index >= 15 is 0 Å². The molecule has 0 aromatic heterocycles. The number of nitrogens with one attached hydrogen (secondary N) is 1. The van der Waals surface area contributed by atoms with E-state index in [0.29, 0.717) is 42.6 Å². The normalized spacial score (nSPS) is 16.7. The van der Waals surface area contributed by atoms with Gasteiger partial charge in [-0.15, -0.1) is 0 Å². The van der Waals surface area contributed by atoms with Crippen LogP contribution in [-0.2, 0) is 22.2 Å². The maximum Gasteiger partial charge on any atom is 0.416 e. The number of hydrogen-bond donors (Lipinski definition) is 1. The lowest BCUT2D eigenvalue weighted by Crippen LogP contribution is -2.35. The summed E-state index contributed by atoms with van der Waals surface area (Å²) in [7, 11) is 0. The monoisotopic (exact) mass is 486 g/mol. The third-order valence-corrected chi connectivity index (χ3v) is 6.32. The van der Waals surface area contributed by atoms with Gasteiger partial charge in [0.05, 0.1) is 12.2 Å². The van der Waals surface area contributed by atoms with Crippen molar-refractivity contribution in [2.24, 2.45) is 0 Å². The van der Waals surface area contributed by atoms with E-state index in [1.807, 2.05) is 25.1 Å².